The Balaban J connectivity index is 1.69. The number of carbonyl (C=O) groups is 1. The third-order valence-electron chi connectivity index (χ3n) is 3.98. The lowest BCUT2D eigenvalue weighted by Gasteiger charge is -2.07. The normalized spacial score (nSPS) is 10.7. The Morgan fingerprint density at radius 2 is 1.78 bits per heavy atom. The molecule has 3 aromatic carbocycles. The van der Waals surface area contributed by atoms with E-state index in [1.54, 1.807) is 12.1 Å². The van der Waals surface area contributed by atoms with E-state index in [0.29, 0.717) is 12.2 Å². The van der Waals surface area contributed by atoms with Gasteiger partial charge in [-0.15, -0.1) is 0 Å². The molecule has 0 N–H and O–H groups in total. The van der Waals surface area contributed by atoms with Crippen molar-refractivity contribution in [2.75, 3.05) is 7.11 Å². The second kappa shape index (κ2) is 9.19. The van der Waals surface area contributed by atoms with Gasteiger partial charge in [-0.05, 0) is 41.0 Å². The smallest absolute Gasteiger partial charge is 0.337 e. The van der Waals surface area contributed by atoms with Gasteiger partial charge in [-0.2, -0.15) is 0 Å². The fourth-order valence-electron chi connectivity index (χ4n) is 2.54. The van der Waals surface area contributed by atoms with Crippen LogP contribution in [0.1, 0.15) is 27.0 Å². The van der Waals surface area contributed by atoms with Gasteiger partial charge in [0.15, 0.2) is 0 Å². The number of esters is 1. The highest BCUT2D eigenvalue weighted by Gasteiger charge is 2.07. The summed E-state index contributed by atoms with van der Waals surface area (Å²) in [6, 6.07) is 23.4. The maximum atomic E-state index is 11.6. The van der Waals surface area contributed by atoms with Crippen molar-refractivity contribution in [2.24, 2.45) is 0 Å². The zero-order chi connectivity index (χ0) is 19.1. The summed E-state index contributed by atoms with van der Waals surface area (Å²) in [5.74, 6) is 0.468. The molecule has 4 heteroatoms. The van der Waals surface area contributed by atoms with Crippen molar-refractivity contribution in [1.29, 1.82) is 0 Å². The molecule has 136 valence electrons. The predicted octanol–water partition coefficient (Wildman–Crippen LogP) is 5.99. The van der Waals surface area contributed by atoms with Gasteiger partial charge in [0.2, 0.25) is 0 Å². The molecule has 0 saturated heterocycles. The van der Waals surface area contributed by atoms with Crippen molar-refractivity contribution >= 4 is 34.1 Å². The van der Waals surface area contributed by atoms with E-state index in [4.69, 9.17) is 9.47 Å². The molecule has 0 radical (unpaired) electrons. The number of carbonyl (C=O) groups excluding carboxylic acids is 1. The van der Waals surface area contributed by atoms with Crippen LogP contribution >= 0.6 is 15.9 Å². The molecule has 0 aromatic heterocycles. The molecule has 0 aliphatic heterocycles. The lowest BCUT2D eigenvalue weighted by Crippen LogP contribution is -2.00. The zero-order valence-electron chi connectivity index (χ0n) is 14.9. The van der Waals surface area contributed by atoms with Crippen LogP contribution in [0.3, 0.4) is 0 Å². The number of rotatable bonds is 6. The van der Waals surface area contributed by atoms with Crippen LogP contribution in [0.4, 0.5) is 0 Å². The number of hydrogen-bond acceptors (Lipinski definition) is 3. The van der Waals surface area contributed by atoms with Crippen LogP contribution in [-0.2, 0) is 11.3 Å². The molecule has 0 bridgehead atoms. The first kappa shape index (κ1) is 18.9. The molecule has 0 aliphatic carbocycles. The number of halogens is 1. The van der Waals surface area contributed by atoms with Crippen LogP contribution in [-0.4, -0.2) is 13.1 Å². The Hall–Kier alpha value is -2.85. The van der Waals surface area contributed by atoms with Crippen LogP contribution in [0.15, 0.2) is 77.3 Å². The van der Waals surface area contributed by atoms with Crippen LogP contribution < -0.4 is 4.74 Å². The molecule has 3 aromatic rings. The molecular weight excluding hydrogens is 404 g/mol. The zero-order valence-corrected chi connectivity index (χ0v) is 16.5. The summed E-state index contributed by atoms with van der Waals surface area (Å²) in [5, 5.41) is 0. The van der Waals surface area contributed by atoms with Gasteiger partial charge in [-0.3, -0.25) is 0 Å². The third-order valence-corrected chi connectivity index (χ3v) is 4.67. The van der Waals surface area contributed by atoms with Crippen molar-refractivity contribution in [3.63, 3.8) is 0 Å². The van der Waals surface area contributed by atoms with E-state index in [2.05, 4.69) is 15.9 Å². The first-order valence-corrected chi connectivity index (χ1v) is 9.28. The summed E-state index contributed by atoms with van der Waals surface area (Å²) >= 11 is 3.50. The Kier molecular flexibility index (Phi) is 6.44. The Morgan fingerprint density at radius 3 is 2.52 bits per heavy atom. The number of methoxy groups -OCH3 is 1. The van der Waals surface area contributed by atoms with Gasteiger partial charge in [-0.1, -0.05) is 76.6 Å². The molecule has 27 heavy (non-hydrogen) atoms. The molecule has 3 rings (SSSR count). The first-order chi connectivity index (χ1) is 13.2. The fourth-order valence-corrected chi connectivity index (χ4v) is 3.05. The minimum Gasteiger partial charge on any atom is -0.489 e. The average Bonchev–Trinajstić information content (AvgIpc) is 2.72. The van der Waals surface area contributed by atoms with Gasteiger partial charge in [0, 0.05) is 4.47 Å². The van der Waals surface area contributed by atoms with Gasteiger partial charge in [0.05, 0.1) is 12.7 Å². The highest BCUT2D eigenvalue weighted by atomic mass is 79.9. The molecule has 0 amide bonds. The molecule has 0 spiro atoms. The lowest BCUT2D eigenvalue weighted by molar-refractivity contribution is 0.0600. The number of hydrogen-bond donors (Lipinski definition) is 0. The van der Waals surface area contributed by atoms with E-state index >= 15 is 0 Å². The first-order valence-electron chi connectivity index (χ1n) is 8.48. The molecule has 3 nitrogen and oxygen atoms in total. The van der Waals surface area contributed by atoms with Crippen LogP contribution in [0.25, 0.3) is 12.2 Å². The summed E-state index contributed by atoms with van der Waals surface area (Å²) in [6.07, 6.45) is 3.99. The second-order valence-electron chi connectivity index (χ2n) is 5.91. The summed E-state index contributed by atoms with van der Waals surface area (Å²) < 4.78 is 11.4. The second-order valence-corrected chi connectivity index (χ2v) is 6.76. The van der Waals surface area contributed by atoms with Crippen molar-refractivity contribution in [3.8, 4) is 5.75 Å². The minimum absolute atomic E-state index is 0.352. The Bertz CT molecular complexity index is 949. The quantitative estimate of drug-likeness (QED) is 0.361. The summed E-state index contributed by atoms with van der Waals surface area (Å²) in [4.78, 5) is 11.6. The van der Waals surface area contributed by atoms with E-state index < -0.39 is 0 Å². The summed E-state index contributed by atoms with van der Waals surface area (Å²) in [7, 11) is 1.37. The molecule has 0 heterocycles. The van der Waals surface area contributed by atoms with Gasteiger partial charge in [-0.25, -0.2) is 4.79 Å². The van der Waals surface area contributed by atoms with Gasteiger partial charge in [0.1, 0.15) is 12.4 Å². The Labute approximate surface area is 167 Å². The molecule has 0 aliphatic rings. The monoisotopic (exact) mass is 422 g/mol. The van der Waals surface area contributed by atoms with Crippen LogP contribution in [0.2, 0.25) is 0 Å². The highest BCUT2D eigenvalue weighted by molar-refractivity contribution is 9.10. The topological polar surface area (TPSA) is 35.5 Å². The van der Waals surface area contributed by atoms with E-state index in [1.807, 2.05) is 72.8 Å². The highest BCUT2D eigenvalue weighted by Crippen LogP contribution is 2.23. The van der Waals surface area contributed by atoms with Crippen molar-refractivity contribution in [3.05, 3.63) is 99.5 Å². The average molecular weight is 423 g/mol. The van der Waals surface area contributed by atoms with E-state index in [9.17, 15) is 4.79 Å². The largest absolute Gasteiger partial charge is 0.489 e. The minimum atomic E-state index is -0.352. The van der Waals surface area contributed by atoms with Crippen molar-refractivity contribution < 1.29 is 14.3 Å². The standard InChI is InChI=1S/C23H19BrO3/c1-26-23(25)20-13-12-19(22(24)15-20)11-10-17-8-5-9-21(14-17)27-16-18-6-3-2-4-7-18/h2-15H,16H2,1H3/b11-10-. The van der Waals surface area contributed by atoms with E-state index in [0.717, 1.165) is 26.9 Å². The molecule has 0 unspecified atom stereocenters. The van der Waals surface area contributed by atoms with Gasteiger partial charge >= 0.3 is 5.97 Å². The molecular formula is C23H19BrO3. The maximum Gasteiger partial charge on any atom is 0.337 e. The van der Waals surface area contributed by atoms with Gasteiger partial charge in [0.25, 0.3) is 0 Å². The summed E-state index contributed by atoms with van der Waals surface area (Å²) in [5.41, 5.74) is 3.65. The lowest BCUT2D eigenvalue weighted by atomic mass is 10.1. The van der Waals surface area contributed by atoms with Crippen molar-refractivity contribution in [1.82, 2.24) is 0 Å². The SMILES string of the molecule is COC(=O)c1ccc(/C=C\c2cccc(OCc3ccccc3)c2)c(Br)c1. The predicted molar refractivity (Wildman–Crippen MR) is 112 cm³/mol. The Morgan fingerprint density at radius 1 is 0.963 bits per heavy atom. The number of benzene rings is 3. The van der Waals surface area contributed by atoms with E-state index in [-0.39, 0.29) is 5.97 Å². The molecule has 0 atom stereocenters. The van der Waals surface area contributed by atoms with Crippen molar-refractivity contribution in [2.45, 2.75) is 6.61 Å². The van der Waals surface area contributed by atoms with Crippen LogP contribution in [0.5, 0.6) is 5.75 Å². The molecule has 0 fully saturated rings. The maximum absolute atomic E-state index is 11.6. The third kappa shape index (κ3) is 5.31. The van der Waals surface area contributed by atoms with Gasteiger partial charge < -0.3 is 9.47 Å². The van der Waals surface area contributed by atoms with Crippen LogP contribution in [0, 0.1) is 0 Å². The molecule has 0 saturated carbocycles. The van der Waals surface area contributed by atoms with E-state index in [1.165, 1.54) is 7.11 Å². The number of ether oxygens (including phenoxy) is 2. The fraction of sp³-hybridized carbons (Fsp3) is 0.0870. The summed E-state index contributed by atoms with van der Waals surface area (Å²) in [6.45, 7) is 0.536.